The molecule has 126 valence electrons. The molecule has 0 bridgehead atoms. The second kappa shape index (κ2) is 13.8. The minimum Gasteiger partial charge on any atom is -0.469 e. The smallest absolute Gasteiger partial charge is 0.305 e. The molecule has 0 aromatic carbocycles. The number of esters is 1. The minimum absolute atomic E-state index is 0. The summed E-state index contributed by atoms with van der Waals surface area (Å²) in [6.45, 7) is 4.46. The number of nitrogens with zero attached hydrogens (tertiary/aromatic N) is 1. The fourth-order valence-electron chi connectivity index (χ4n) is 1.78. The zero-order chi connectivity index (χ0) is 15.3. The van der Waals surface area contributed by atoms with Gasteiger partial charge in [-0.25, -0.2) is 4.99 Å². The normalized spacial score (nSPS) is 10.7. The van der Waals surface area contributed by atoms with Crippen molar-refractivity contribution >= 4 is 47.2 Å². The second-order valence-corrected chi connectivity index (χ2v) is 5.62. The molecule has 22 heavy (non-hydrogen) atoms. The van der Waals surface area contributed by atoms with Gasteiger partial charge < -0.3 is 15.4 Å². The van der Waals surface area contributed by atoms with Gasteiger partial charge in [0.2, 0.25) is 0 Å². The Hall–Kier alpha value is -0.830. The van der Waals surface area contributed by atoms with Crippen LogP contribution in [0.2, 0.25) is 0 Å². The van der Waals surface area contributed by atoms with Crippen LogP contribution in [0.15, 0.2) is 22.5 Å². The van der Waals surface area contributed by atoms with Gasteiger partial charge in [0.05, 0.1) is 13.7 Å². The summed E-state index contributed by atoms with van der Waals surface area (Å²) in [4.78, 5) is 16.8. The summed E-state index contributed by atoms with van der Waals surface area (Å²) in [6.07, 6.45) is 3.40. The lowest BCUT2D eigenvalue weighted by atomic mass is 10.2. The van der Waals surface area contributed by atoms with Gasteiger partial charge in [-0.05, 0) is 31.2 Å². The van der Waals surface area contributed by atoms with E-state index in [0.29, 0.717) is 13.0 Å². The van der Waals surface area contributed by atoms with Gasteiger partial charge in [-0.2, -0.15) is 0 Å². The molecule has 0 saturated carbocycles. The molecule has 1 aromatic rings. The molecular weight excluding hydrogens is 413 g/mol. The molecule has 0 aliphatic heterocycles. The molecule has 2 N–H and O–H groups in total. The van der Waals surface area contributed by atoms with Crippen molar-refractivity contribution < 1.29 is 9.53 Å². The maximum atomic E-state index is 11.0. The van der Waals surface area contributed by atoms with Gasteiger partial charge in [-0.15, -0.1) is 35.3 Å². The van der Waals surface area contributed by atoms with Crippen molar-refractivity contribution in [3.05, 3.63) is 22.4 Å². The number of rotatable bonds is 9. The number of nitrogens with one attached hydrogen (secondary N) is 2. The molecule has 7 heteroatoms. The van der Waals surface area contributed by atoms with Crippen LogP contribution in [0.3, 0.4) is 0 Å². The first-order valence-electron chi connectivity index (χ1n) is 7.37. The predicted octanol–water partition coefficient (Wildman–Crippen LogP) is 3.15. The third-order valence-electron chi connectivity index (χ3n) is 2.90. The summed E-state index contributed by atoms with van der Waals surface area (Å²) in [5.74, 6) is 0.715. The first kappa shape index (κ1) is 21.2. The molecule has 0 aliphatic carbocycles. The van der Waals surface area contributed by atoms with E-state index in [0.717, 1.165) is 38.3 Å². The Bertz CT molecular complexity index is 424. The molecule has 0 spiro atoms. The largest absolute Gasteiger partial charge is 0.469 e. The number of hydrogen-bond acceptors (Lipinski definition) is 4. The van der Waals surface area contributed by atoms with Gasteiger partial charge in [0.15, 0.2) is 5.96 Å². The van der Waals surface area contributed by atoms with Gasteiger partial charge >= 0.3 is 5.97 Å². The number of guanidine groups is 1. The Morgan fingerprint density at radius 3 is 2.77 bits per heavy atom. The number of unbranched alkanes of at least 4 members (excludes halogenated alkanes) is 2. The zero-order valence-corrected chi connectivity index (χ0v) is 16.4. The summed E-state index contributed by atoms with van der Waals surface area (Å²) < 4.78 is 4.61. The number of thiophene rings is 1. The van der Waals surface area contributed by atoms with E-state index < -0.39 is 0 Å². The highest BCUT2D eigenvalue weighted by Crippen LogP contribution is 2.09. The van der Waals surface area contributed by atoms with Crippen LogP contribution in [0.25, 0.3) is 0 Å². The van der Waals surface area contributed by atoms with Crippen molar-refractivity contribution in [2.45, 2.75) is 39.2 Å². The third kappa shape index (κ3) is 9.99. The van der Waals surface area contributed by atoms with Crippen LogP contribution in [-0.4, -0.2) is 32.1 Å². The number of hydrogen-bond donors (Lipinski definition) is 2. The summed E-state index contributed by atoms with van der Waals surface area (Å²) in [5.41, 5.74) is 0. The van der Waals surface area contributed by atoms with Crippen LogP contribution in [0.1, 0.15) is 37.5 Å². The van der Waals surface area contributed by atoms with Crippen LogP contribution < -0.4 is 10.6 Å². The Labute approximate surface area is 154 Å². The van der Waals surface area contributed by atoms with Crippen molar-refractivity contribution in [1.29, 1.82) is 0 Å². The van der Waals surface area contributed by atoms with Crippen LogP contribution in [0, 0.1) is 0 Å². The second-order valence-electron chi connectivity index (χ2n) is 4.59. The highest BCUT2D eigenvalue weighted by Gasteiger charge is 2.00. The highest BCUT2D eigenvalue weighted by molar-refractivity contribution is 14.0. The van der Waals surface area contributed by atoms with Gasteiger partial charge in [0.25, 0.3) is 0 Å². The molecule has 1 heterocycles. The van der Waals surface area contributed by atoms with Crippen molar-refractivity contribution in [2.24, 2.45) is 4.99 Å². The average Bonchev–Trinajstić information content (AvgIpc) is 3.01. The molecule has 0 amide bonds. The van der Waals surface area contributed by atoms with E-state index in [1.54, 1.807) is 11.3 Å². The van der Waals surface area contributed by atoms with Crippen LogP contribution >= 0.6 is 35.3 Å². The summed E-state index contributed by atoms with van der Waals surface area (Å²) in [6, 6.07) is 4.13. The molecule has 1 rings (SSSR count). The minimum atomic E-state index is -0.131. The van der Waals surface area contributed by atoms with E-state index >= 15 is 0 Å². The van der Waals surface area contributed by atoms with Crippen molar-refractivity contribution in [2.75, 3.05) is 20.2 Å². The lowest BCUT2D eigenvalue weighted by Gasteiger charge is -2.10. The number of methoxy groups -OCH3 is 1. The summed E-state index contributed by atoms with van der Waals surface area (Å²) in [7, 11) is 1.43. The lowest BCUT2D eigenvalue weighted by molar-refractivity contribution is -0.140. The van der Waals surface area contributed by atoms with E-state index in [2.05, 4.69) is 38.7 Å². The Morgan fingerprint density at radius 2 is 2.14 bits per heavy atom. The molecular formula is C15H26IN3O2S. The first-order chi connectivity index (χ1) is 10.3. The SMILES string of the molecule is CCNC(=NCc1cccs1)NCCCCCC(=O)OC.I. The maximum Gasteiger partial charge on any atom is 0.305 e. The molecule has 5 nitrogen and oxygen atoms in total. The van der Waals surface area contributed by atoms with Gasteiger partial charge in [-0.3, -0.25) is 4.79 Å². The van der Waals surface area contributed by atoms with Crippen LogP contribution in [0.5, 0.6) is 0 Å². The average molecular weight is 439 g/mol. The van der Waals surface area contributed by atoms with Gasteiger partial charge in [-0.1, -0.05) is 12.5 Å². The highest BCUT2D eigenvalue weighted by atomic mass is 127. The summed E-state index contributed by atoms with van der Waals surface area (Å²) >= 11 is 1.72. The number of aliphatic imine (C=N–C) groups is 1. The Balaban J connectivity index is 0.00000441. The molecule has 0 radical (unpaired) electrons. The van der Waals surface area contributed by atoms with Gasteiger partial charge in [0, 0.05) is 24.4 Å². The number of carbonyl (C=O) groups excluding carboxylic acids is 1. The van der Waals surface area contributed by atoms with Gasteiger partial charge in [0.1, 0.15) is 0 Å². The Morgan fingerprint density at radius 1 is 1.32 bits per heavy atom. The number of halogens is 1. The monoisotopic (exact) mass is 439 g/mol. The van der Waals surface area contributed by atoms with E-state index in [1.807, 2.05) is 6.07 Å². The molecule has 0 atom stereocenters. The number of ether oxygens (including phenoxy) is 1. The third-order valence-corrected chi connectivity index (χ3v) is 3.76. The predicted molar refractivity (Wildman–Crippen MR) is 103 cm³/mol. The topological polar surface area (TPSA) is 62.7 Å². The zero-order valence-electron chi connectivity index (χ0n) is 13.3. The quantitative estimate of drug-likeness (QED) is 0.204. The van der Waals surface area contributed by atoms with Crippen molar-refractivity contribution in [3.63, 3.8) is 0 Å². The van der Waals surface area contributed by atoms with Crippen molar-refractivity contribution in [3.8, 4) is 0 Å². The maximum absolute atomic E-state index is 11.0. The molecule has 1 aromatic heterocycles. The van der Waals surface area contributed by atoms with Crippen LogP contribution in [0.4, 0.5) is 0 Å². The van der Waals surface area contributed by atoms with E-state index in [9.17, 15) is 4.79 Å². The molecule has 0 saturated heterocycles. The fraction of sp³-hybridized carbons (Fsp3) is 0.600. The van der Waals surface area contributed by atoms with E-state index in [1.165, 1.54) is 12.0 Å². The fourth-order valence-corrected chi connectivity index (χ4v) is 2.41. The van der Waals surface area contributed by atoms with E-state index in [4.69, 9.17) is 0 Å². The lowest BCUT2D eigenvalue weighted by Crippen LogP contribution is -2.37. The standard InChI is InChI=1S/C15H25N3O2S.HI/c1-3-16-15(18-12-13-8-7-11-21-13)17-10-6-4-5-9-14(19)20-2;/h7-8,11H,3-6,9-10,12H2,1-2H3,(H2,16,17,18);1H. The summed E-state index contributed by atoms with van der Waals surface area (Å²) in [5, 5.41) is 8.61. The van der Waals surface area contributed by atoms with E-state index in [-0.39, 0.29) is 29.9 Å². The number of carbonyl (C=O) groups is 1. The van der Waals surface area contributed by atoms with Crippen LogP contribution in [-0.2, 0) is 16.1 Å². The molecule has 0 aliphatic rings. The molecule has 0 unspecified atom stereocenters. The first-order valence-corrected chi connectivity index (χ1v) is 8.25. The van der Waals surface area contributed by atoms with Crippen molar-refractivity contribution in [1.82, 2.24) is 10.6 Å². The Kier molecular flexibility index (Phi) is 13.3. The molecule has 0 fully saturated rings.